The summed E-state index contributed by atoms with van der Waals surface area (Å²) in [6.07, 6.45) is 62.1. The molecule has 0 fully saturated rings. The Morgan fingerprint density at radius 1 is 0.392 bits per heavy atom. The number of aliphatic hydroxyl groups excluding tert-OH is 1. The first-order chi connectivity index (χ1) is 36.2. The lowest BCUT2D eigenvalue weighted by molar-refractivity contribution is -0.161. The SMILES string of the molecule is CC/C=C\C/C=C\C/C=C\C/C=C\C/C=C\CC(=O)OCC(COP(=O)(O)OCC(CO)OC(=O)CCCCCCCCCCCCCCCCC)OC(=O)CCCCCCCCCCCCCCCCCCC. The molecule has 0 aromatic heterocycles. The van der Waals surface area contributed by atoms with Crippen LogP contribution in [-0.2, 0) is 42.2 Å². The van der Waals surface area contributed by atoms with Crippen LogP contribution in [0.4, 0.5) is 0 Å². The normalized spacial score (nSPS) is 13.7. The highest BCUT2D eigenvalue weighted by atomic mass is 31.2. The van der Waals surface area contributed by atoms with Gasteiger partial charge in [0.05, 0.1) is 26.2 Å². The Labute approximate surface area is 453 Å². The van der Waals surface area contributed by atoms with Crippen LogP contribution in [0, 0.1) is 0 Å². The molecule has 0 radical (unpaired) electrons. The first kappa shape index (κ1) is 71.2. The first-order valence-corrected chi connectivity index (χ1v) is 31.7. The predicted molar refractivity (Wildman–Crippen MR) is 307 cm³/mol. The highest BCUT2D eigenvalue weighted by Gasteiger charge is 2.28. The summed E-state index contributed by atoms with van der Waals surface area (Å²) in [6.45, 7) is 4.47. The second-order valence-corrected chi connectivity index (χ2v) is 21.6. The number of carbonyl (C=O) groups excluding carboxylic acids is 3. The van der Waals surface area contributed by atoms with E-state index >= 15 is 0 Å². The number of aliphatic hydroxyl groups is 1. The van der Waals surface area contributed by atoms with Crippen molar-refractivity contribution in [2.45, 2.75) is 290 Å². The van der Waals surface area contributed by atoms with Crippen molar-refractivity contribution in [3.05, 3.63) is 60.8 Å². The molecule has 74 heavy (non-hydrogen) atoms. The Hall–Kier alpha value is -2.82. The molecule has 2 N–H and O–H groups in total. The molecule has 12 heteroatoms. The van der Waals surface area contributed by atoms with Gasteiger partial charge in [0.15, 0.2) is 6.10 Å². The molecular formula is C62H111O11P. The van der Waals surface area contributed by atoms with E-state index < -0.39 is 57.8 Å². The lowest BCUT2D eigenvalue weighted by Gasteiger charge is -2.21. The zero-order chi connectivity index (χ0) is 54.1. The Kier molecular flexibility index (Phi) is 54.2. The first-order valence-electron chi connectivity index (χ1n) is 30.2. The second-order valence-electron chi connectivity index (χ2n) is 20.2. The largest absolute Gasteiger partial charge is 0.472 e. The second kappa shape index (κ2) is 56.4. The molecule has 430 valence electrons. The molecule has 0 bridgehead atoms. The van der Waals surface area contributed by atoms with Crippen molar-refractivity contribution >= 4 is 25.7 Å². The van der Waals surface area contributed by atoms with Gasteiger partial charge < -0.3 is 24.2 Å². The Balaban J connectivity index is 4.76. The summed E-state index contributed by atoms with van der Waals surface area (Å²) in [5.74, 6) is -1.60. The summed E-state index contributed by atoms with van der Waals surface area (Å²) in [5, 5.41) is 9.82. The van der Waals surface area contributed by atoms with Gasteiger partial charge in [-0.25, -0.2) is 4.57 Å². The third kappa shape index (κ3) is 54.0. The molecule has 0 spiro atoms. The highest BCUT2D eigenvalue weighted by Crippen LogP contribution is 2.43. The molecule has 3 unspecified atom stereocenters. The van der Waals surface area contributed by atoms with Gasteiger partial charge >= 0.3 is 25.7 Å². The number of esters is 3. The van der Waals surface area contributed by atoms with E-state index in [0.29, 0.717) is 19.3 Å². The summed E-state index contributed by atoms with van der Waals surface area (Å²) >= 11 is 0. The van der Waals surface area contributed by atoms with Gasteiger partial charge in [-0.05, 0) is 44.9 Å². The lowest BCUT2D eigenvalue weighted by Crippen LogP contribution is -2.30. The zero-order valence-corrected chi connectivity index (χ0v) is 48.5. The molecule has 0 aromatic rings. The third-order valence-corrected chi connectivity index (χ3v) is 13.9. The van der Waals surface area contributed by atoms with Gasteiger partial charge in [-0.3, -0.25) is 23.4 Å². The molecule has 0 saturated heterocycles. The minimum atomic E-state index is -4.76. The molecule has 0 heterocycles. The van der Waals surface area contributed by atoms with E-state index in [-0.39, 0.29) is 25.9 Å². The monoisotopic (exact) mass is 1060 g/mol. The maximum absolute atomic E-state index is 12.9. The maximum Gasteiger partial charge on any atom is 0.472 e. The average molecular weight is 1060 g/mol. The van der Waals surface area contributed by atoms with Crippen molar-refractivity contribution in [2.75, 3.05) is 26.4 Å². The molecule has 0 aliphatic heterocycles. The summed E-state index contributed by atoms with van der Waals surface area (Å²) in [6, 6.07) is 0. The lowest BCUT2D eigenvalue weighted by atomic mass is 10.0. The Morgan fingerprint density at radius 3 is 1.03 bits per heavy atom. The quantitative estimate of drug-likeness (QED) is 0.0197. The topological polar surface area (TPSA) is 155 Å². The summed E-state index contributed by atoms with van der Waals surface area (Å²) in [7, 11) is -4.76. The van der Waals surface area contributed by atoms with Crippen LogP contribution in [0.15, 0.2) is 60.8 Å². The van der Waals surface area contributed by atoms with Crippen LogP contribution >= 0.6 is 7.82 Å². The molecule has 3 atom stereocenters. The van der Waals surface area contributed by atoms with E-state index in [1.165, 1.54) is 154 Å². The van der Waals surface area contributed by atoms with Crippen LogP contribution in [0.2, 0.25) is 0 Å². The van der Waals surface area contributed by atoms with Crippen LogP contribution in [0.25, 0.3) is 0 Å². The molecule has 0 aliphatic rings. The van der Waals surface area contributed by atoms with Crippen LogP contribution in [0.3, 0.4) is 0 Å². The van der Waals surface area contributed by atoms with Gasteiger partial charge in [0.2, 0.25) is 0 Å². The van der Waals surface area contributed by atoms with Crippen molar-refractivity contribution < 1.29 is 52.2 Å². The van der Waals surface area contributed by atoms with Crippen LogP contribution in [0.1, 0.15) is 278 Å². The number of allylic oxidation sites excluding steroid dienone is 9. The van der Waals surface area contributed by atoms with E-state index in [4.69, 9.17) is 23.3 Å². The highest BCUT2D eigenvalue weighted by molar-refractivity contribution is 7.47. The fraction of sp³-hybridized carbons (Fsp3) is 0.790. The summed E-state index contributed by atoms with van der Waals surface area (Å²) in [5.41, 5.74) is 0. The average Bonchev–Trinajstić information content (AvgIpc) is 3.39. The smallest absolute Gasteiger partial charge is 0.461 e. The van der Waals surface area contributed by atoms with Crippen LogP contribution in [0.5, 0.6) is 0 Å². The Morgan fingerprint density at radius 2 is 0.689 bits per heavy atom. The number of hydrogen-bond donors (Lipinski definition) is 2. The van der Waals surface area contributed by atoms with Crippen molar-refractivity contribution in [1.82, 2.24) is 0 Å². The fourth-order valence-electron chi connectivity index (χ4n) is 8.43. The number of ether oxygens (including phenoxy) is 3. The number of hydrogen-bond acceptors (Lipinski definition) is 10. The van der Waals surface area contributed by atoms with E-state index in [2.05, 4.69) is 63.3 Å². The zero-order valence-electron chi connectivity index (χ0n) is 47.6. The van der Waals surface area contributed by atoms with Gasteiger partial charge in [0, 0.05) is 12.8 Å². The summed E-state index contributed by atoms with van der Waals surface area (Å²) < 4.78 is 39.5. The molecule has 11 nitrogen and oxygen atoms in total. The van der Waals surface area contributed by atoms with E-state index in [1.807, 2.05) is 12.2 Å². The van der Waals surface area contributed by atoms with Crippen molar-refractivity contribution in [3.8, 4) is 0 Å². The van der Waals surface area contributed by atoms with Crippen LogP contribution in [-0.4, -0.2) is 66.5 Å². The number of rotatable bonds is 56. The summed E-state index contributed by atoms with van der Waals surface area (Å²) in [4.78, 5) is 48.5. The van der Waals surface area contributed by atoms with Gasteiger partial charge in [-0.2, -0.15) is 0 Å². The molecule has 0 amide bonds. The van der Waals surface area contributed by atoms with Gasteiger partial charge in [0.25, 0.3) is 0 Å². The Bertz CT molecular complexity index is 1470. The molecule has 0 rings (SSSR count). The molecule has 0 aromatic carbocycles. The van der Waals surface area contributed by atoms with Crippen molar-refractivity contribution in [1.29, 1.82) is 0 Å². The van der Waals surface area contributed by atoms with Crippen LogP contribution < -0.4 is 0 Å². The molecule has 0 aliphatic carbocycles. The predicted octanol–water partition coefficient (Wildman–Crippen LogP) is 17.9. The van der Waals surface area contributed by atoms with E-state index in [1.54, 1.807) is 6.08 Å². The van der Waals surface area contributed by atoms with E-state index in [9.17, 15) is 28.9 Å². The number of unbranched alkanes of at least 4 members (excludes halogenated alkanes) is 30. The van der Waals surface area contributed by atoms with Gasteiger partial charge in [0.1, 0.15) is 12.7 Å². The van der Waals surface area contributed by atoms with E-state index in [0.717, 1.165) is 64.2 Å². The van der Waals surface area contributed by atoms with Crippen molar-refractivity contribution in [2.24, 2.45) is 0 Å². The van der Waals surface area contributed by atoms with Crippen molar-refractivity contribution in [3.63, 3.8) is 0 Å². The fourth-order valence-corrected chi connectivity index (χ4v) is 9.22. The standard InChI is InChI=1S/C62H111O11P/c1-4-7-10-13-16-19-22-25-28-29-32-35-38-41-44-47-50-53-62(66)73-59(55-69-60(64)51-48-45-42-39-36-33-30-26-23-20-17-14-11-8-5-2)57-71-74(67,68)70-56-58(54-63)72-61(65)52-49-46-43-40-37-34-31-27-24-21-18-15-12-9-6-3/h8,11,17,20,26,30,36,39,45,48,58-59,63H,4-7,9-10,12-16,18-19,21-25,27-29,31-35,37-38,40-44,46-47,49-57H2,1-3H3,(H,67,68)/b11-8-,20-17-,30-26-,39-36-,48-45-. The maximum atomic E-state index is 12.9. The van der Waals surface area contributed by atoms with Gasteiger partial charge in [-0.1, -0.05) is 274 Å². The van der Waals surface area contributed by atoms with Gasteiger partial charge in [-0.15, -0.1) is 0 Å². The number of phosphoric ester groups is 1. The molecule has 0 saturated carbocycles. The molecular weight excluding hydrogens is 952 g/mol. The minimum absolute atomic E-state index is 0.00336. The number of carbonyl (C=O) groups is 3. The third-order valence-electron chi connectivity index (χ3n) is 13.0. The number of phosphoric acid groups is 1. The minimum Gasteiger partial charge on any atom is -0.461 e.